The predicted octanol–water partition coefficient (Wildman–Crippen LogP) is 4.09. The molecule has 1 atom stereocenters. The topological polar surface area (TPSA) is 44.9 Å². The van der Waals surface area contributed by atoms with Crippen molar-refractivity contribution < 1.29 is 4.79 Å². The fourth-order valence-electron chi connectivity index (χ4n) is 2.95. The van der Waals surface area contributed by atoms with Crippen LogP contribution in [-0.4, -0.2) is 16.9 Å². The Morgan fingerprint density at radius 3 is 2.81 bits per heavy atom. The van der Waals surface area contributed by atoms with Crippen LogP contribution in [-0.2, 0) is 0 Å². The molecule has 1 aliphatic carbocycles. The molecule has 1 fully saturated rings. The van der Waals surface area contributed by atoms with Gasteiger partial charge in [-0.15, -0.1) is 0 Å². The first-order valence-corrected chi connectivity index (χ1v) is 7.98. The monoisotopic (exact) mass is 284 g/mol. The number of aromatic amines is 1. The molecule has 1 saturated carbocycles. The third-order valence-electron chi connectivity index (χ3n) is 4.71. The van der Waals surface area contributed by atoms with Gasteiger partial charge in [-0.25, -0.2) is 0 Å². The van der Waals surface area contributed by atoms with Crippen molar-refractivity contribution in [3.8, 4) is 0 Å². The van der Waals surface area contributed by atoms with Gasteiger partial charge < -0.3 is 10.3 Å². The lowest BCUT2D eigenvalue weighted by Crippen LogP contribution is -2.34. The number of aryl methyl sites for hydroxylation is 2. The molecule has 3 heteroatoms. The van der Waals surface area contributed by atoms with Crippen molar-refractivity contribution in [2.75, 3.05) is 0 Å². The smallest absolute Gasteiger partial charge is 0.251 e. The van der Waals surface area contributed by atoms with Gasteiger partial charge in [-0.2, -0.15) is 0 Å². The summed E-state index contributed by atoms with van der Waals surface area (Å²) in [5.74, 6) is 0.898. The molecule has 112 valence electrons. The van der Waals surface area contributed by atoms with Gasteiger partial charge >= 0.3 is 0 Å². The summed E-state index contributed by atoms with van der Waals surface area (Å²) < 4.78 is 0. The van der Waals surface area contributed by atoms with Crippen LogP contribution in [0, 0.1) is 19.8 Å². The van der Waals surface area contributed by atoms with Gasteiger partial charge in [0.1, 0.15) is 0 Å². The number of H-pyrrole nitrogens is 1. The molecule has 1 amide bonds. The van der Waals surface area contributed by atoms with E-state index >= 15 is 0 Å². The highest BCUT2D eigenvalue weighted by molar-refractivity contribution is 5.99. The molecule has 0 spiro atoms. The van der Waals surface area contributed by atoms with Gasteiger partial charge in [-0.3, -0.25) is 4.79 Å². The average molecular weight is 284 g/mol. The van der Waals surface area contributed by atoms with Crippen molar-refractivity contribution in [2.24, 2.45) is 5.92 Å². The molecule has 2 aromatic rings. The molecule has 21 heavy (non-hydrogen) atoms. The minimum absolute atomic E-state index is 0.0580. The van der Waals surface area contributed by atoms with E-state index in [1.54, 1.807) is 0 Å². The Kier molecular flexibility index (Phi) is 3.75. The number of hydrogen-bond donors (Lipinski definition) is 2. The summed E-state index contributed by atoms with van der Waals surface area (Å²) in [5, 5.41) is 4.34. The highest BCUT2D eigenvalue weighted by atomic mass is 16.1. The molecule has 0 saturated heterocycles. The van der Waals surface area contributed by atoms with Gasteiger partial charge in [0.25, 0.3) is 5.91 Å². The lowest BCUT2D eigenvalue weighted by Gasteiger charge is -2.16. The van der Waals surface area contributed by atoms with Gasteiger partial charge in [0.2, 0.25) is 0 Å². The van der Waals surface area contributed by atoms with E-state index < -0.39 is 0 Å². The van der Waals surface area contributed by atoms with Crippen LogP contribution in [0.3, 0.4) is 0 Å². The first-order valence-electron chi connectivity index (χ1n) is 7.98. The zero-order chi connectivity index (χ0) is 15.0. The zero-order valence-electron chi connectivity index (χ0n) is 13.1. The maximum absolute atomic E-state index is 12.5. The molecule has 1 aromatic heterocycles. The molecule has 1 aromatic carbocycles. The van der Waals surface area contributed by atoms with Crippen LogP contribution in [0.25, 0.3) is 10.9 Å². The quantitative estimate of drug-likeness (QED) is 0.853. The molecule has 3 nitrogen and oxygen atoms in total. The van der Waals surface area contributed by atoms with Crippen LogP contribution < -0.4 is 5.32 Å². The minimum Gasteiger partial charge on any atom is -0.358 e. The van der Waals surface area contributed by atoms with Crippen molar-refractivity contribution in [2.45, 2.75) is 52.5 Å². The number of nitrogens with one attached hydrogen (secondary N) is 2. The van der Waals surface area contributed by atoms with E-state index in [4.69, 9.17) is 0 Å². The summed E-state index contributed by atoms with van der Waals surface area (Å²) in [7, 11) is 0. The van der Waals surface area contributed by atoms with E-state index in [0.717, 1.165) is 35.2 Å². The highest BCUT2D eigenvalue weighted by Crippen LogP contribution is 2.34. The Morgan fingerprint density at radius 2 is 2.14 bits per heavy atom. The maximum atomic E-state index is 12.5. The van der Waals surface area contributed by atoms with Crippen LogP contribution in [0.4, 0.5) is 0 Å². The first kappa shape index (κ1) is 14.2. The molecule has 1 unspecified atom stereocenters. The van der Waals surface area contributed by atoms with Crippen molar-refractivity contribution in [3.05, 3.63) is 35.0 Å². The lowest BCUT2D eigenvalue weighted by molar-refractivity contribution is 0.0933. The van der Waals surface area contributed by atoms with Crippen LogP contribution in [0.15, 0.2) is 18.2 Å². The number of rotatable bonds is 5. The second kappa shape index (κ2) is 5.55. The van der Waals surface area contributed by atoms with E-state index in [1.807, 2.05) is 18.2 Å². The van der Waals surface area contributed by atoms with Crippen LogP contribution in [0.2, 0.25) is 0 Å². The average Bonchev–Trinajstić information content (AvgIpc) is 3.25. The number of amides is 1. The van der Waals surface area contributed by atoms with E-state index in [-0.39, 0.29) is 5.91 Å². The molecule has 1 aliphatic rings. The molecule has 0 aliphatic heterocycles. The second-order valence-corrected chi connectivity index (χ2v) is 6.39. The summed E-state index contributed by atoms with van der Waals surface area (Å²) in [6.07, 6.45) is 4.81. The third-order valence-corrected chi connectivity index (χ3v) is 4.71. The van der Waals surface area contributed by atoms with E-state index in [9.17, 15) is 4.79 Å². The van der Waals surface area contributed by atoms with E-state index in [0.29, 0.717) is 6.04 Å². The number of aromatic nitrogens is 1. The molecule has 0 bridgehead atoms. The third kappa shape index (κ3) is 2.97. The van der Waals surface area contributed by atoms with Crippen molar-refractivity contribution >= 4 is 16.8 Å². The number of benzene rings is 1. The number of fused-ring (bicyclic) bond motifs is 1. The second-order valence-electron chi connectivity index (χ2n) is 6.39. The standard InChI is InChI=1S/C18H24N2O/c1-4-15(9-13-5-6-13)20-18(21)14-7-8-17-16(10-14)11(2)12(3)19-17/h7-8,10,13,15,19H,4-6,9H2,1-3H3,(H,20,21). The zero-order valence-corrected chi connectivity index (χ0v) is 13.1. The predicted molar refractivity (Wildman–Crippen MR) is 86.7 cm³/mol. The van der Waals surface area contributed by atoms with E-state index in [1.165, 1.54) is 24.1 Å². The largest absolute Gasteiger partial charge is 0.358 e. The van der Waals surface area contributed by atoms with Gasteiger partial charge in [-0.05, 0) is 56.4 Å². The fourth-order valence-corrected chi connectivity index (χ4v) is 2.95. The van der Waals surface area contributed by atoms with Gasteiger partial charge in [-0.1, -0.05) is 19.8 Å². The van der Waals surface area contributed by atoms with Gasteiger partial charge in [0, 0.05) is 28.2 Å². The van der Waals surface area contributed by atoms with Gasteiger partial charge in [0.05, 0.1) is 0 Å². The number of carbonyl (C=O) groups excluding carboxylic acids is 1. The normalized spacial score (nSPS) is 16.1. The van der Waals surface area contributed by atoms with Gasteiger partial charge in [0.15, 0.2) is 0 Å². The van der Waals surface area contributed by atoms with Crippen molar-refractivity contribution in [1.29, 1.82) is 0 Å². The Hall–Kier alpha value is -1.77. The highest BCUT2D eigenvalue weighted by Gasteiger charge is 2.25. The summed E-state index contributed by atoms with van der Waals surface area (Å²) in [6.45, 7) is 6.31. The molecular formula is C18H24N2O. The lowest BCUT2D eigenvalue weighted by atomic mass is 10.1. The molecule has 2 N–H and O–H groups in total. The van der Waals surface area contributed by atoms with Crippen LogP contribution >= 0.6 is 0 Å². The Labute approximate surface area is 126 Å². The van der Waals surface area contributed by atoms with Crippen molar-refractivity contribution in [1.82, 2.24) is 10.3 Å². The summed E-state index contributed by atoms with van der Waals surface area (Å²) in [5.41, 5.74) is 4.26. The first-order chi connectivity index (χ1) is 10.1. The molecular weight excluding hydrogens is 260 g/mol. The summed E-state index contributed by atoms with van der Waals surface area (Å²) in [4.78, 5) is 15.8. The minimum atomic E-state index is 0.0580. The summed E-state index contributed by atoms with van der Waals surface area (Å²) in [6, 6.07) is 6.24. The molecule has 0 radical (unpaired) electrons. The van der Waals surface area contributed by atoms with E-state index in [2.05, 4.69) is 31.1 Å². The Morgan fingerprint density at radius 1 is 1.38 bits per heavy atom. The number of carbonyl (C=O) groups is 1. The Bertz CT molecular complexity index is 667. The maximum Gasteiger partial charge on any atom is 0.251 e. The fraction of sp³-hybridized carbons (Fsp3) is 0.500. The molecule has 3 rings (SSSR count). The van der Waals surface area contributed by atoms with Crippen LogP contribution in [0.1, 0.15) is 54.2 Å². The molecule has 1 heterocycles. The SMILES string of the molecule is CCC(CC1CC1)NC(=O)c1ccc2[nH]c(C)c(C)c2c1. The number of hydrogen-bond acceptors (Lipinski definition) is 1. The van der Waals surface area contributed by atoms with Crippen molar-refractivity contribution in [3.63, 3.8) is 0 Å². The summed E-state index contributed by atoms with van der Waals surface area (Å²) >= 11 is 0. The Balaban J connectivity index is 1.78. The van der Waals surface area contributed by atoms with Crippen LogP contribution in [0.5, 0.6) is 0 Å².